The molecular formula is C26H32FN5O. The van der Waals surface area contributed by atoms with Gasteiger partial charge in [0, 0.05) is 50.7 Å². The van der Waals surface area contributed by atoms with Crippen molar-refractivity contribution in [1.82, 2.24) is 24.6 Å². The minimum absolute atomic E-state index is 0.0148. The van der Waals surface area contributed by atoms with Crippen molar-refractivity contribution in [3.05, 3.63) is 83.2 Å². The zero-order chi connectivity index (χ0) is 23.4. The highest BCUT2D eigenvalue weighted by Crippen LogP contribution is 2.29. The van der Waals surface area contributed by atoms with Crippen molar-refractivity contribution in [3.8, 4) is 0 Å². The molecule has 0 bridgehead atoms. The molecule has 1 amide bonds. The monoisotopic (exact) mass is 449 g/mol. The summed E-state index contributed by atoms with van der Waals surface area (Å²) in [6.07, 6.45) is 6.11. The fourth-order valence-corrected chi connectivity index (χ4v) is 4.90. The third-order valence-corrected chi connectivity index (χ3v) is 6.74. The fourth-order valence-electron chi connectivity index (χ4n) is 4.90. The van der Waals surface area contributed by atoms with Crippen LogP contribution in [-0.2, 0) is 20.0 Å². The molecule has 0 aliphatic carbocycles. The third-order valence-electron chi connectivity index (χ3n) is 6.74. The summed E-state index contributed by atoms with van der Waals surface area (Å²) in [7, 11) is 4.05. The Morgan fingerprint density at radius 1 is 1.15 bits per heavy atom. The lowest BCUT2D eigenvalue weighted by molar-refractivity contribution is 0.0596. The molecule has 1 saturated heterocycles. The number of hydrogen-bond donors (Lipinski definition) is 0. The highest BCUT2D eigenvalue weighted by atomic mass is 19.1. The molecule has 1 aliphatic rings. The first-order valence-electron chi connectivity index (χ1n) is 11.6. The highest BCUT2D eigenvalue weighted by molar-refractivity contribution is 5.92. The SMILES string of the molecule is Cc1nn(C)cc1CN(C)C(Cc1ccccc1F)C1CCN(C(=O)c2ccccn2)CC1. The second-order valence-electron chi connectivity index (χ2n) is 9.04. The predicted molar refractivity (Wildman–Crippen MR) is 126 cm³/mol. The Morgan fingerprint density at radius 3 is 2.52 bits per heavy atom. The molecule has 3 heterocycles. The van der Waals surface area contributed by atoms with E-state index in [1.165, 1.54) is 11.6 Å². The van der Waals surface area contributed by atoms with E-state index >= 15 is 0 Å². The zero-order valence-electron chi connectivity index (χ0n) is 19.6. The second kappa shape index (κ2) is 10.3. The van der Waals surface area contributed by atoms with Crippen molar-refractivity contribution < 1.29 is 9.18 Å². The number of hydrogen-bond acceptors (Lipinski definition) is 4. The molecule has 7 heteroatoms. The third kappa shape index (κ3) is 5.47. The lowest BCUT2D eigenvalue weighted by Crippen LogP contribution is -2.46. The number of carbonyl (C=O) groups is 1. The Bertz CT molecular complexity index is 1080. The number of halogens is 1. The first-order chi connectivity index (χ1) is 15.9. The molecule has 1 atom stereocenters. The van der Waals surface area contributed by atoms with Gasteiger partial charge >= 0.3 is 0 Å². The number of piperidine rings is 1. The smallest absolute Gasteiger partial charge is 0.272 e. The summed E-state index contributed by atoms with van der Waals surface area (Å²) in [4.78, 5) is 21.3. The van der Waals surface area contributed by atoms with Crippen molar-refractivity contribution in [3.63, 3.8) is 0 Å². The van der Waals surface area contributed by atoms with Crippen LogP contribution in [0.2, 0.25) is 0 Å². The quantitative estimate of drug-likeness (QED) is 0.550. The van der Waals surface area contributed by atoms with E-state index in [1.54, 1.807) is 18.3 Å². The van der Waals surface area contributed by atoms with E-state index in [2.05, 4.69) is 28.2 Å². The molecule has 0 spiro atoms. The van der Waals surface area contributed by atoms with Gasteiger partial charge in [0.15, 0.2) is 0 Å². The minimum atomic E-state index is -0.156. The molecule has 33 heavy (non-hydrogen) atoms. The topological polar surface area (TPSA) is 54.3 Å². The van der Waals surface area contributed by atoms with Crippen LogP contribution < -0.4 is 0 Å². The number of aryl methyl sites for hydroxylation is 2. The van der Waals surface area contributed by atoms with Gasteiger partial charge in [0.1, 0.15) is 11.5 Å². The summed E-state index contributed by atoms with van der Waals surface area (Å²) in [5.74, 6) is 0.189. The number of carbonyl (C=O) groups excluding carboxylic acids is 1. The van der Waals surface area contributed by atoms with Crippen LogP contribution in [0, 0.1) is 18.7 Å². The van der Waals surface area contributed by atoms with Crippen LogP contribution in [0.15, 0.2) is 54.9 Å². The molecular weight excluding hydrogens is 417 g/mol. The standard InChI is InChI=1S/C26H32FN5O/c1-19-22(18-31(3)29-19)17-30(2)25(16-21-8-4-5-9-23(21)27)20-11-14-32(15-12-20)26(33)24-10-6-7-13-28-24/h4-10,13,18,20,25H,11-12,14-17H2,1-3H3. The normalized spacial score (nSPS) is 15.7. The summed E-state index contributed by atoms with van der Waals surface area (Å²) in [6, 6.07) is 12.6. The molecule has 2 aromatic heterocycles. The van der Waals surface area contributed by atoms with Crippen LogP contribution in [0.5, 0.6) is 0 Å². The van der Waals surface area contributed by atoms with Crippen molar-refractivity contribution in [2.75, 3.05) is 20.1 Å². The molecule has 0 N–H and O–H groups in total. The van der Waals surface area contributed by atoms with Crippen LogP contribution in [0.4, 0.5) is 4.39 Å². The fraction of sp³-hybridized carbons (Fsp3) is 0.423. The Hall–Kier alpha value is -3.06. The summed E-state index contributed by atoms with van der Waals surface area (Å²) in [5, 5.41) is 4.47. The first kappa shape index (κ1) is 23.1. The van der Waals surface area contributed by atoms with Gasteiger partial charge in [-0.1, -0.05) is 24.3 Å². The average Bonchev–Trinajstić information content (AvgIpc) is 3.15. The summed E-state index contributed by atoms with van der Waals surface area (Å²) < 4.78 is 16.4. The Labute approximate surface area is 195 Å². The maximum absolute atomic E-state index is 14.5. The molecule has 1 unspecified atom stereocenters. The van der Waals surface area contributed by atoms with Crippen molar-refractivity contribution in [2.24, 2.45) is 13.0 Å². The lowest BCUT2D eigenvalue weighted by atomic mass is 9.84. The molecule has 1 aromatic carbocycles. The van der Waals surface area contributed by atoms with Gasteiger partial charge in [0.05, 0.1) is 5.69 Å². The van der Waals surface area contributed by atoms with Gasteiger partial charge in [0.25, 0.3) is 5.91 Å². The maximum atomic E-state index is 14.5. The van der Waals surface area contributed by atoms with Crippen LogP contribution in [0.1, 0.15) is 40.2 Å². The summed E-state index contributed by atoms with van der Waals surface area (Å²) in [6.45, 7) is 4.16. The number of benzene rings is 1. The van der Waals surface area contributed by atoms with E-state index in [-0.39, 0.29) is 17.8 Å². The van der Waals surface area contributed by atoms with E-state index in [0.717, 1.165) is 30.6 Å². The van der Waals surface area contributed by atoms with Crippen molar-refractivity contribution in [1.29, 1.82) is 0 Å². The number of amides is 1. The van der Waals surface area contributed by atoms with Crippen LogP contribution in [0.3, 0.4) is 0 Å². The molecule has 3 aromatic rings. The lowest BCUT2D eigenvalue weighted by Gasteiger charge is -2.40. The van der Waals surface area contributed by atoms with E-state index in [0.29, 0.717) is 31.1 Å². The van der Waals surface area contributed by atoms with Gasteiger partial charge < -0.3 is 4.90 Å². The summed E-state index contributed by atoms with van der Waals surface area (Å²) >= 11 is 0. The minimum Gasteiger partial charge on any atom is -0.337 e. The van der Waals surface area contributed by atoms with Crippen LogP contribution in [-0.4, -0.2) is 56.7 Å². The van der Waals surface area contributed by atoms with Gasteiger partial charge in [0.2, 0.25) is 0 Å². The Morgan fingerprint density at radius 2 is 1.88 bits per heavy atom. The van der Waals surface area contributed by atoms with Crippen molar-refractivity contribution >= 4 is 5.91 Å². The molecule has 0 saturated carbocycles. The Kier molecular flexibility index (Phi) is 7.18. The molecule has 0 radical (unpaired) electrons. The molecule has 4 rings (SSSR count). The molecule has 6 nitrogen and oxygen atoms in total. The van der Waals surface area contributed by atoms with Gasteiger partial charge in [-0.3, -0.25) is 19.4 Å². The van der Waals surface area contributed by atoms with E-state index in [9.17, 15) is 9.18 Å². The largest absolute Gasteiger partial charge is 0.337 e. The van der Waals surface area contributed by atoms with Gasteiger partial charge in [-0.15, -0.1) is 0 Å². The number of likely N-dealkylation sites (tertiary alicyclic amines) is 1. The van der Waals surface area contributed by atoms with E-state index < -0.39 is 0 Å². The van der Waals surface area contributed by atoms with Gasteiger partial charge in [-0.05, 0) is 62.9 Å². The van der Waals surface area contributed by atoms with Crippen LogP contribution in [0.25, 0.3) is 0 Å². The Balaban J connectivity index is 1.49. The number of nitrogens with zero attached hydrogens (tertiary/aromatic N) is 5. The second-order valence-corrected chi connectivity index (χ2v) is 9.04. The van der Waals surface area contributed by atoms with Gasteiger partial charge in [-0.2, -0.15) is 5.10 Å². The molecule has 1 aliphatic heterocycles. The molecule has 174 valence electrons. The summed E-state index contributed by atoms with van der Waals surface area (Å²) in [5.41, 5.74) is 3.43. The predicted octanol–water partition coefficient (Wildman–Crippen LogP) is 3.86. The van der Waals surface area contributed by atoms with E-state index in [1.807, 2.05) is 47.8 Å². The van der Waals surface area contributed by atoms with Gasteiger partial charge in [-0.25, -0.2) is 4.39 Å². The molecule has 1 fully saturated rings. The zero-order valence-corrected chi connectivity index (χ0v) is 19.6. The van der Waals surface area contributed by atoms with E-state index in [4.69, 9.17) is 0 Å². The number of pyridine rings is 1. The number of aromatic nitrogens is 3. The number of rotatable bonds is 7. The average molecular weight is 450 g/mol. The first-order valence-corrected chi connectivity index (χ1v) is 11.6. The maximum Gasteiger partial charge on any atom is 0.272 e. The van der Waals surface area contributed by atoms with Crippen molar-refractivity contribution in [2.45, 2.75) is 38.8 Å². The van der Waals surface area contributed by atoms with Crippen LogP contribution >= 0.6 is 0 Å². The highest BCUT2D eigenvalue weighted by Gasteiger charge is 2.32. The number of likely N-dealkylation sites (N-methyl/N-ethyl adjacent to an activating group) is 1.